The van der Waals surface area contributed by atoms with Gasteiger partial charge in [-0.2, -0.15) is 0 Å². The van der Waals surface area contributed by atoms with Gasteiger partial charge in [-0.15, -0.1) is 0 Å². The molecule has 0 radical (unpaired) electrons. The first-order valence-corrected chi connectivity index (χ1v) is 10.0. The highest BCUT2D eigenvalue weighted by atomic mass is 16.6. The predicted molar refractivity (Wildman–Crippen MR) is 101 cm³/mol. The Kier molecular flexibility index (Phi) is 7.08. The van der Waals surface area contributed by atoms with Gasteiger partial charge in [-0.1, -0.05) is 0 Å². The number of ether oxygens (including phenoxy) is 2. The molecule has 0 aromatic rings. The molecule has 0 amide bonds. The van der Waals surface area contributed by atoms with Gasteiger partial charge in [-0.3, -0.25) is 9.59 Å². The van der Waals surface area contributed by atoms with Crippen LogP contribution in [0.3, 0.4) is 0 Å². The van der Waals surface area contributed by atoms with Gasteiger partial charge in [0.2, 0.25) is 0 Å². The predicted octanol–water partition coefficient (Wildman–Crippen LogP) is 2.27. The molecule has 0 aliphatic carbocycles. The second kappa shape index (κ2) is 8.70. The molecule has 2 N–H and O–H groups in total. The molecule has 0 spiro atoms. The van der Waals surface area contributed by atoms with Crippen molar-refractivity contribution in [3.8, 4) is 0 Å². The minimum absolute atomic E-state index is 0.308. The summed E-state index contributed by atoms with van der Waals surface area (Å²) in [4.78, 5) is 25.1. The fraction of sp³-hybridized carbons (Fsp3) is 0.900. The molecule has 2 aliphatic rings. The maximum absolute atomic E-state index is 12.6. The summed E-state index contributed by atoms with van der Waals surface area (Å²) >= 11 is 0. The maximum Gasteiger partial charge on any atom is 0.320 e. The molecule has 2 aliphatic heterocycles. The highest BCUT2D eigenvalue weighted by molar-refractivity contribution is 5.94. The van der Waals surface area contributed by atoms with Crippen molar-refractivity contribution in [2.75, 3.05) is 26.2 Å². The zero-order valence-electron chi connectivity index (χ0n) is 17.0. The van der Waals surface area contributed by atoms with Crippen LogP contribution in [-0.2, 0) is 19.1 Å². The molecule has 0 atom stereocenters. The smallest absolute Gasteiger partial charge is 0.320 e. The molecular formula is C20H36N2O4. The molecule has 2 heterocycles. The first-order valence-electron chi connectivity index (χ1n) is 10.0. The monoisotopic (exact) mass is 368 g/mol. The second-order valence-electron chi connectivity index (χ2n) is 8.82. The lowest BCUT2D eigenvalue weighted by atomic mass is 9.83. The number of rotatable bonds is 6. The lowest BCUT2D eigenvalue weighted by Gasteiger charge is -2.38. The number of piperidine rings is 2. The minimum Gasteiger partial charge on any atom is -0.459 e. The number of esters is 2. The van der Waals surface area contributed by atoms with Crippen molar-refractivity contribution in [1.29, 1.82) is 0 Å². The fourth-order valence-corrected chi connectivity index (χ4v) is 3.99. The summed E-state index contributed by atoms with van der Waals surface area (Å²) < 4.78 is 11.5. The van der Waals surface area contributed by atoms with E-state index in [9.17, 15) is 9.59 Å². The van der Waals surface area contributed by atoms with Crippen molar-refractivity contribution in [3.05, 3.63) is 0 Å². The summed E-state index contributed by atoms with van der Waals surface area (Å²) in [5.74, 6) is -1.26. The molecule has 0 aromatic carbocycles. The van der Waals surface area contributed by atoms with Gasteiger partial charge in [0.05, 0.1) is 0 Å². The third-order valence-corrected chi connectivity index (χ3v) is 6.08. The van der Waals surface area contributed by atoms with Crippen LogP contribution in [0.5, 0.6) is 0 Å². The third kappa shape index (κ3) is 5.43. The first-order chi connectivity index (χ1) is 12.1. The number of nitrogens with one attached hydrogen (secondary N) is 2. The van der Waals surface area contributed by atoms with E-state index in [2.05, 4.69) is 10.6 Å². The number of carbonyl (C=O) groups excluding carboxylic acids is 2. The van der Waals surface area contributed by atoms with E-state index in [-0.39, 0.29) is 0 Å². The van der Waals surface area contributed by atoms with Crippen molar-refractivity contribution in [3.63, 3.8) is 0 Å². The molecule has 2 fully saturated rings. The normalized spacial score (nSPS) is 20.8. The zero-order valence-corrected chi connectivity index (χ0v) is 17.0. The van der Waals surface area contributed by atoms with Crippen LogP contribution in [0.2, 0.25) is 0 Å². The Balaban J connectivity index is 1.90. The minimum atomic E-state index is -0.906. The average molecular weight is 369 g/mol. The Morgan fingerprint density at radius 3 is 1.38 bits per heavy atom. The van der Waals surface area contributed by atoms with Crippen molar-refractivity contribution in [2.24, 2.45) is 17.8 Å². The Hall–Kier alpha value is -1.14. The van der Waals surface area contributed by atoms with Crippen molar-refractivity contribution < 1.29 is 19.1 Å². The number of hydrogen-bond acceptors (Lipinski definition) is 6. The van der Waals surface area contributed by atoms with E-state index in [0.717, 1.165) is 51.9 Å². The molecule has 150 valence electrons. The summed E-state index contributed by atoms with van der Waals surface area (Å²) in [5.41, 5.74) is -1.14. The Morgan fingerprint density at radius 2 is 1.08 bits per heavy atom. The van der Waals surface area contributed by atoms with E-state index in [1.807, 2.05) is 27.7 Å². The van der Waals surface area contributed by atoms with Crippen LogP contribution in [0.25, 0.3) is 0 Å². The molecule has 2 saturated heterocycles. The van der Waals surface area contributed by atoms with Crippen molar-refractivity contribution >= 4 is 11.9 Å². The largest absolute Gasteiger partial charge is 0.459 e. The fourth-order valence-electron chi connectivity index (χ4n) is 3.99. The summed E-state index contributed by atoms with van der Waals surface area (Å²) in [6.45, 7) is 13.1. The molecule has 0 saturated carbocycles. The van der Waals surface area contributed by atoms with Crippen LogP contribution in [0.4, 0.5) is 0 Å². The highest BCUT2D eigenvalue weighted by Gasteiger charge is 2.40. The van der Waals surface area contributed by atoms with E-state index >= 15 is 0 Å². The van der Waals surface area contributed by atoms with Crippen molar-refractivity contribution in [2.45, 2.75) is 71.5 Å². The molecule has 0 aromatic heterocycles. The van der Waals surface area contributed by atoms with Crippen molar-refractivity contribution in [1.82, 2.24) is 10.6 Å². The Bertz CT molecular complexity index is 448. The Morgan fingerprint density at radius 1 is 0.769 bits per heavy atom. The summed E-state index contributed by atoms with van der Waals surface area (Å²) in [6, 6.07) is 0. The van der Waals surface area contributed by atoms with Crippen LogP contribution in [-0.4, -0.2) is 49.3 Å². The van der Waals surface area contributed by atoms with E-state index in [0.29, 0.717) is 11.8 Å². The molecule has 0 bridgehead atoms. The SMILES string of the molecule is CC(C(=O)OC(C)(C)C1CCNCC1)C(=O)OC(C)(C)C1CCNCC1. The third-order valence-electron chi connectivity index (χ3n) is 6.08. The van der Waals surface area contributed by atoms with Gasteiger partial charge < -0.3 is 20.1 Å². The quantitative estimate of drug-likeness (QED) is 0.553. The number of hydrogen-bond donors (Lipinski definition) is 2. The lowest BCUT2D eigenvalue weighted by molar-refractivity contribution is -0.181. The average Bonchev–Trinajstić information content (AvgIpc) is 2.61. The van der Waals surface area contributed by atoms with Gasteiger partial charge in [-0.25, -0.2) is 0 Å². The van der Waals surface area contributed by atoms with Gasteiger partial charge in [0, 0.05) is 11.8 Å². The van der Waals surface area contributed by atoms with Gasteiger partial charge >= 0.3 is 11.9 Å². The molecule has 2 rings (SSSR count). The Labute approximate surface area is 157 Å². The van der Waals surface area contributed by atoms with E-state index in [1.165, 1.54) is 0 Å². The van der Waals surface area contributed by atoms with Crippen LogP contribution < -0.4 is 10.6 Å². The van der Waals surface area contributed by atoms with Crippen LogP contribution in [0.15, 0.2) is 0 Å². The zero-order chi connectivity index (χ0) is 19.4. The van der Waals surface area contributed by atoms with E-state index in [1.54, 1.807) is 6.92 Å². The molecule has 6 heteroatoms. The van der Waals surface area contributed by atoms with E-state index in [4.69, 9.17) is 9.47 Å². The first kappa shape index (κ1) is 21.2. The lowest BCUT2D eigenvalue weighted by Crippen LogP contribution is -2.46. The molecular weight excluding hydrogens is 332 g/mol. The summed E-state index contributed by atoms with van der Waals surface area (Å²) in [7, 11) is 0. The van der Waals surface area contributed by atoms with Gasteiger partial charge in [0.15, 0.2) is 5.92 Å². The van der Waals surface area contributed by atoms with Gasteiger partial charge in [-0.05, 0) is 86.5 Å². The topological polar surface area (TPSA) is 76.7 Å². The molecule has 0 unspecified atom stereocenters. The molecule has 6 nitrogen and oxygen atoms in total. The standard InChI is InChI=1S/C20H36N2O4/c1-14(17(23)25-19(2,3)15-6-10-21-11-7-15)18(24)26-20(4,5)16-8-12-22-13-9-16/h14-16,21-22H,6-13H2,1-5H3. The highest BCUT2D eigenvalue weighted by Crippen LogP contribution is 2.32. The van der Waals surface area contributed by atoms with Crippen LogP contribution >= 0.6 is 0 Å². The number of carbonyl (C=O) groups is 2. The van der Waals surface area contributed by atoms with E-state index < -0.39 is 29.1 Å². The summed E-state index contributed by atoms with van der Waals surface area (Å²) in [6.07, 6.45) is 3.90. The summed E-state index contributed by atoms with van der Waals surface area (Å²) in [5, 5.41) is 6.64. The van der Waals surface area contributed by atoms with Gasteiger partial charge in [0.25, 0.3) is 0 Å². The van der Waals surface area contributed by atoms with Gasteiger partial charge in [0.1, 0.15) is 11.2 Å². The second-order valence-corrected chi connectivity index (χ2v) is 8.82. The maximum atomic E-state index is 12.6. The van der Waals surface area contributed by atoms with Crippen LogP contribution in [0, 0.1) is 17.8 Å². The molecule has 26 heavy (non-hydrogen) atoms. The van der Waals surface area contributed by atoms with Crippen LogP contribution in [0.1, 0.15) is 60.3 Å².